The van der Waals surface area contributed by atoms with E-state index in [0.717, 1.165) is 28.4 Å². The molecule has 1 amide bonds. The highest BCUT2D eigenvalue weighted by atomic mass is 16.5. The fourth-order valence-electron chi connectivity index (χ4n) is 2.48. The Balaban J connectivity index is 1.60. The van der Waals surface area contributed by atoms with Crippen molar-refractivity contribution in [3.05, 3.63) is 90.5 Å². The van der Waals surface area contributed by atoms with E-state index in [4.69, 9.17) is 4.74 Å². The highest BCUT2D eigenvalue weighted by Gasteiger charge is 2.01. The van der Waals surface area contributed by atoms with E-state index in [0.29, 0.717) is 0 Å². The summed E-state index contributed by atoms with van der Waals surface area (Å²) in [5, 5.41) is 6.15. The molecule has 0 saturated heterocycles. The predicted octanol–water partition coefficient (Wildman–Crippen LogP) is 5.09. The maximum Gasteiger partial charge on any atom is 0.248 e. The molecule has 130 valence electrons. The van der Waals surface area contributed by atoms with Crippen LogP contribution in [0.1, 0.15) is 5.56 Å². The second-order valence-electron chi connectivity index (χ2n) is 5.63. The highest BCUT2D eigenvalue weighted by Crippen LogP contribution is 2.20. The van der Waals surface area contributed by atoms with E-state index < -0.39 is 0 Å². The summed E-state index contributed by atoms with van der Waals surface area (Å²) >= 11 is 0. The lowest BCUT2D eigenvalue weighted by atomic mass is 10.2. The molecule has 0 atom stereocenters. The molecule has 26 heavy (non-hydrogen) atoms. The molecule has 0 heterocycles. The van der Waals surface area contributed by atoms with Crippen LogP contribution in [0.3, 0.4) is 0 Å². The highest BCUT2D eigenvalue weighted by molar-refractivity contribution is 6.02. The molecule has 4 nitrogen and oxygen atoms in total. The minimum absolute atomic E-state index is 0.195. The van der Waals surface area contributed by atoms with E-state index >= 15 is 0 Å². The summed E-state index contributed by atoms with van der Waals surface area (Å²) in [6.07, 6.45) is 3.23. The lowest BCUT2D eigenvalue weighted by Crippen LogP contribution is -2.07. The number of hydrogen-bond acceptors (Lipinski definition) is 3. The maximum absolute atomic E-state index is 12.1. The average Bonchev–Trinajstić information content (AvgIpc) is 2.69. The number of carbonyl (C=O) groups excluding carboxylic acids is 1. The third-order valence-corrected chi connectivity index (χ3v) is 3.77. The molecular weight excluding hydrogens is 324 g/mol. The zero-order valence-corrected chi connectivity index (χ0v) is 14.5. The lowest BCUT2D eigenvalue weighted by Gasteiger charge is -2.08. The summed E-state index contributed by atoms with van der Waals surface area (Å²) in [6, 6.07) is 25.0. The van der Waals surface area contributed by atoms with Crippen LogP contribution >= 0.6 is 0 Å². The molecule has 0 radical (unpaired) electrons. The molecule has 0 aliphatic heterocycles. The van der Waals surface area contributed by atoms with Crippen LogP contribution in [-0.4, -0.2) is 13.0 Å². The first kappa shape index (κ1) is 17.3. The van der Waals surface area contributed by atoms with Gasteiger partial charge in [-0.3, -0.25) is 4.79 Å². The fraction of sp³-hybridized carbons (Fsp3) is 0.0455. The van der Waals surface area contributed by atoms with Gasteiger partial charge in [0.2, 0.25) is 5.91 Å². The van der Waals surface area contributed by atoms with Crippen molar-refractivity contribution >= 4 is 29.0 Å². The van der Waals surface area contributed by atoms with Crippen molar-refractivity contribution in [2.24, 2.45) is 0 Å². The summed E-state index contributed by atoms with van der Waals surface area (Å²) in [5.41, 5.74) is 3.56. The van der Waals surface area contributed by atoms with Crippen molar-refractivity contribution in [2.45, 2.75) is 0 Å². The van der Waals surface area contributed by atoms with Gasteiger partial charge in [-0.1, -0.05) is 36.4 Å². The molecule has 0 aromatic heterocycles. The first-order chi connectivity index (χ1) is 12.7. The predicted molar refractivity (Wildman–Crippen MR) is 107 cm³/mol. The molecule has 3 aromatic carbocycles. The Kier molecular flexibility index (Phi) is 5.68. The van der Waals surface area contributed by atoms with Crippen molar-refractivity contribution < 1.29 is 9.53 Å². The van der Waals surface area contributed by atoms with Crippen molar-refractivity contribution in [1.29, 1.82) is 0 Å². The Morgan fingerprint density at radius 3 is 2.15 bits per heavy atom. The number of anilines is 3. The summed E-state index contributed by atoms with van der Waals surface area (Å²) in [5.74, 6) is 0.535. The van der Waals surface area contributed by atoms with Crippen LogP contribution in [0, 0.1) is 0 Å². The Morgan fingerprint density at radius 1 is 0.808 bits per heavy atom. The standard InChI is InChI=1S/C22H20N2O2/c1-26-21-10-6-5-7-17(21)11-16-22(25)24-20-14-12-19(13-15-20)23-18-8-3-2-4-9-18/h2-16,23H,1H3,(H,24,25)/b16-11+. The third-order valence-electron chi connectivity index (χ3n) is 3.77. The van der Waals surface area contributed by atoms with Crippen LogP contribution in [0.4, 0.5) is 17.1 Å². The molecule has 0 saturated carbocycles. The normalized spacial score (nSPS) is 10.5. The van der Waals surface area contributed by atoms with Crippen LogP contribution in [0.25, 0.3) is 6.08 Å². The number of rotatable bonds is 6. The molecule has 0 unspecified atom stereocenters. The molecule has 0 bridgehead atoms. The Labute approximate surface area is 153 Å². The van der Waals surface area contributed by atoms with Gasteiger partial charge in [0.25, 0.3) is 0 Å². The molecule has 0 aliphatic carbocycles. The number of benzene rings is 3. The van der Waals surface area contributed by atoms with Crippen LogP contribution in [0.15, 0.2) is 84.9 Å². The number of amides is 1. The van der Waals surface area contributed by atoms with Gasteiger partial charge in [0.05, 0.1) is 7.11 Å². The molecule has 2 N–H and O–H groups in total. The number of para-hydroxylation sites is 2. The van der Waals surface area contributed by atoms with Crippen LogP contribution < -0.4 is 15.4 Å². The van der Waals surface area contributed by atoms with E-state index in [1.54, 1.807) is 13.2 Å². The molecule has 4 heteroatoms. The van der Waals surface area contributed by atoms with Crippen LogP contribution in [-0.2, 0) is 4.79 Å². The average molecular weight is 344 g/mol. The largest absolute Gasteiger partial charge is 0.496 e. The number of carbonyl (C=O) groups is 1. The lowest BCUT2D eigenvalue weighted by molar-refractivity contribution is -0.111. The number of nitrogens with one attached hydrogen (secondary N) is 2. The van der Waals surface area contributed by atoms with Crippen molar-refractivity contribution in [1.82, 2.24) is 0 Å². The number of ether oxygens (including phenoxy) is 1. The first-order valence-electron chi connectivity index (χ1n) is 8.29. The molecule has 0 fully saturated rings. The summed E-state index contributed by atoms with van der Waals surface area (Å²) in [7, 11) is 1.61. The minimum Gasteiger partial charge on any atom is -0.496 e. The van der Waals surface area contributed by atoms with Gasteiger partial charge in [-0.15, -0.1) is 0 Å². The van der Waals surface area contributed by atoms with Crippen molar-refractivity contribution in [3.63, 3.8) is 0 Å². The third kappa shape index (κ3) is 4.74. The van der Waals surface area contributed by atoms with E-state index in [2.05, 4.69) is 10.6 Å². The second kappa shape index (κ2) is 8.53. The fourth-order valence-corrected chi connectivity index (χ4v) is 2.48. The van der Waals surface area contributed by atoms with E-state index in [1.165, 1.54) is 6.08 Å². The van der Waals surface area contributed by atoms with E-state index in [-0.39, 0.29) is 5.91 Å². The van der Waals surface area contributed by atoms with Gasteiger partial charge in [-0.05, 0) is 48.5 Å². The first-order valence-corrected chi connectivity index (χ1v) is 8.29. The Bertz CT molecular complexity index is 888. The minimum atomic E-state index is -0.195. The summed E-state index contributed by atoms with van der Waals surface area (Å²) in [4.78, 5) is 12.1. The van der Waals surface area contributed by atoms with Gasteiger partial charge in [0.1, 0.15) is 5.75 Å². The molecule has 0 aliphatic rings. The van der Waals surface area contributed by atoms with Crippen LogP contribution in [0.2, 0.25) is 0 Å². The van der Waals surface area contributed by atoms with Gasteiger partial charge in [0, 0.05) is 28.7 Å². The van der Waals surface area contributed by atoms with Crippen molar-refractivity contribution in [3.8, 4) is 5.75 Å². The summed E-state index contributed by atoms with van der Waals surface area (Å²) < 4.78 is 5.27. The number of hydrogen-bond donors (Lipinski definition) is 2. The molecule has 3 aromatic rings. The quantitative estimate of drug-likeness (QED) is 0.612. The SMILES string of the molecule is COc1ccccc1/C=C/C(=O)Nc1ccc(Nc2ccccc2)cc1. The zero-order valence-electron chi connectivity index (χ0n) is 14.5. The molecular formula is C22H20N2O2. The van der Waals surface area contributed by atoms with Gasteiger partial charge >= 0.3 is 0 Å². The topological polar surface area (TPSA) is 50.4 Å². The Hall–Kier alpha value is -3.53. The Morgan fingerprint density at radius 2 is 1.42 bits per heavy atom. The maximum atomic E-state index is 12.1. The van der Waals surface area contributed by atoms with Crippen LogP contribution in [0.5, 0.6) is 5.75 Å². The van der Waals surface area contributed by atoms with Gasteiger partial charge < -0.3 is 15.4 Å². The van der Waals surface area contributed by atoms with Gasteiger partial charge in [-0.25, -0.2) is 0 Å². The van der Waals surface area contributed by atoms with Crippen molar-refractivity contribution in [2.75, 3.05) is 17.7 Å². The molecule has 3 rings (SSSR count). The summed E-state index contributed by atoms with van der Waals surface area (Å²) in [6.45, 7) is 0. The zero-order chi connectivity index (χ0) is 18.2. The van der Waals surface area contributed by atoms with Gasteiger partial charge in [0.15, 0.2) is 0 Å². The smallest absolute Gasteiger partial charge is 0.248 e. The van der Waals surface area contributed by atoms with E-state index in [1.807, 2.05) is 78.9 Å². The van der Waals surface area contributed by atoms with E-state index in [9.17, 15) is 4.79 Å². The monoisotopic (exact) mass is 344 g/mol. The number of methoxy groups -OCH3 is 1. The second-order valence-corrected chi connectivity index (χ2v) is 5.63. The van der Waals surface area contributed by atoms with Gasteiger partial charge in [-0.2, -0.15) is 0 Å². The molecule has 0 spiro atoms.